The minimum atomic E-state index is -1.06. The molecular formula is C30H59N3O6. The Labute approximate surface area is 238 Å². The van der Waals surface area contributed by atoms with E-state index in [0.717, 1.165) is 29.2 Å². The van der Waals surface area contributed by atoms with Gasteiger partial charge >= 0.3 is 12.2 Å². The minimum absolute atomic E-state index is 0.128. The second-order valence-corrected chi connectivity index (χ2v) is 10.6. The molecule has 0 bridgehead atoms. The van der Waals surface area contributed by atoms with Gasteiger partial charge < -0.3 is 14.4 Å². The fourth-order valence-corrected chi connectivity index (χ4v) is 4.39. The summed E-state index contributed by atoms with van der Waals surface area (Å²) in [5.74, 6) is -0.550. The summed E-state index contributed by atoms with van der Waals surface area (Å²) in [7, 11) is 5.12. The van der Waals surface area contributed by atoms with Crippen LogP contribution in [0.2, 0.25) is 0 Å². The van der Waals surface area contributed by atoms with Crippen molar-refractivity contribution in [3.05, 3.63) is 0 Å². The summed E-state index contributed by atoms with van der Waals surface area (Å²) in [6.45, 7) is 6.27. The van der Waals surface area contributed by atoms with Crippen LogP contribution in [-0.4, -0.2) is 80.1 Å². The summed E-state index contributed by atoms with van der Waals surface area (Å²) in [6.07, 6.45) is 18.1. The summed E-state index contributed by atoms with van der Waals surface area (Å²) in [5.41, 5.74) is 0. The first-order chi connectivity index (χ1) is 18.8. The molecule has 0 spiro atoms. The lowest BCUT2D eigenvalue weighted by Crippen LogP contribution is -2.48. The van der Waals surface area contributed by atoms with E-state index >= 15 is 0 Å². The zero-order chi connectivity index (χ0) is 29.3. The number of unbranched alkanes of at least 4 members (excludes halogenated alkanes) is 15. The number of hydrogen-bond donors (Lipinski definition) is 0. The molecule has 0 rings (SSSR count). The third-order valence-electron chi connectivity index (χ3n) is 6.81. The van der Waals surface area contributed by atoms with E-state index in [9.17, 15) is 14.4 Å². The van der Waals surface area contributed by atoms with Crippen LogP contribution < -0.4 is 0 Å². The van der Waals surface area contributed by atoms with Crippen molar-refractivity contribution in [2.75, 3.05) is 40.9 Å². The average Bonchev–Trinajstić information content (AvgIpc) is 2.89. The number of likely N-dealkylation sites (N-methyl/N-ethyl adjacent to an activating group) is 1. The maximum atomic E-state index is 12.7. The molecular weight excluding hydrogens is 498 g/mol. The lowest BCUT2D eigenvalue weighted by atomic mass is 10.0. The van der Waals surface area contributed by atoms with Crippen molar-refractivity contribution in [2.45, 2.75) is 136 Å². The Morgan fingerprint density at radius 3 is 1.51 bits per heavy atom. The Morgan fingerprint density at radius 1 is 0.667 bits per heavy atom. The molecule has 9 heteroatoms. The smallest absolute Gasteiger partial charge is 0.435 e. The molecule has 0 fully saturated rings. The number of imide groups is 1. The van der Waals surface area contributed by atoms with Crippen LogP contribution in [0.1, 0.15) is 130 Å². The molecule has 9 nitrogen and oxygen atoms in total. The van der Waals surface area contributed by atoms with Crippen LogP contribution in [-0.2, 0) is 19.1 Å². The van der Waals surface area contributed by atoms with Gasteiger partial charge in [0.05, 0.1) is 13.7 Å². The van der Waals surface area contributed by atoms with Gasteiger partial charge in [-0.2, -0.15) is 5.06 Å². The van der Waals surface area contributed by atoms with E-state index in [-0.39, 0.29) is 13.0 Å². The quantitative estimate of drug-likeness (QED) is 0.0688. The zero-order valence-electron chi connectivity index (χ0n) is 26.0. The zero-order valence-corrected chi connectivity index (χ0v) is 26.0. The first kappa shape index (κ1) is 37.1. The van der Waals surface area contributed by atoms with Gasteiger partial charge in [0.25, 0.3) is 0 Å². The molecule has 1 atom stereocenters. The molecule has 0 aromatic carbocycles. The standard InChI is InChI=1S/C30H59N3O6/c1-7-9-10-11-12-13-14-15-16-17-18-19-20-21-22-23-24-32(37-6)29(35)39-28(8-2)33(27(3)34)30(36)38-26-25-31(4)5/h28H,7-26H2,1-6H3. The molecule has 0 aromatic rings. The summed E-state index contributed by atoms with van der Waals surface area (Å²) < 4.78 is 10.6. The van der Waals surface area contributed by atoms with Gasteiger partial charge in [-0.05, 0) is 20.5 Å². The predicted octanol–water partition coefficient (Wildman–Crippen LogP) is 7.53. The topological polar surface area (TPSA) is 88.6 Å². The summed E-state index contributed by atoms with van der Waals surface area (Å²) in [5, 5.41) is 1.14. The normalized spacial score (nSPS) is 11.9. The molecule has 230 valence electrons. The predicted molar refractivity (Wildman–Crippen MR) is 156 cm³/mol. The third-order valence-corrected chi connectivity index (χ3v) is 6.81. The molecule has 39 heavy (non-hydrogen) atoms. The number of rotatable bonds is 24. The largest absolute Gasteiger partial charge is 0.448 e. The van der Waals surface area contributed by atoms with Gasteiger partial charge in [0, 0.05) is 19.9 Å². The molecule has 0 radical (unpaired) electrons. The number of hydroxylamine groups is 2. The fraction of sp³-hybridized carbons (Fsp3) is 0.900. The lowest BCUT2D eigenvalue weighted by Gasteiger charge is -2.29. The first-order valence-corrected chi connectivity index (χ1v) is 15.4. The van der Waals surface area contributed by atoms with Crippen LogP contribution in [0.25, 0.3) is 0 Å². The highest BCUT2D eigenvalue weighted by atomic mass is 16.7. The Morgan fingerprint density at radius 2 is 1.13 bits per heavy atom. The van der Waals surface area contributed by atoms with E-state index in [4.69, 9.17) is 14.3 Å². The van der Waals surface area contributed by atoms with E-state index in [1.54, 1.807) is 6.92 Å². The number of carbonyl (C=O) groups excluding carboxylic acids is 3. The van der Waals surface area contributed by atoms with Crippen molar-refractivity contribution in [2.24, 2.45) is 0 Å². The van der Waals surface area contributed by atoms with Gasteiger partial charge in [-0.3, -0.25) is 9.63 Å². The molecule has 0 aliphatic heterocycles. The van der Waals surface area contributed by atoms with Gasteiger partial charge in [0.15, 0.2) is 6.23 Å². The van der Waals surface area contributed by atoms with Crippen LogP contribution >= 0.6 is 0 Å². The molecule has 0 aliphatic carbocycles. The third kappa shape index (κ3) is 19.8. The first-order valence-electron chi connectivity index (χ1n) is 15.4. The minimum Gasteiger partial charge on any atom is -0.448 e. The molecule has 0 aliphatic rings. The average molecular weight is 558 g/mol. The Kier molecular flexibility index (Phi) is 23.9. The van der Waals surface area contributed by atoms with Crippen molar-refractivity contribution in [3.8, 4) is 0 Å². The number of ether oxygens (including phenoxy) is 2. The van der Waals surface area contributed by atoms with E-state index in [1.807, 2.05) is 19.0 Å². The van der Waals surface area contributed by atoms with E-state index in [0.29, 0.717) is 13.1 Å². The van der Waals surface area contributed by atoms with Crippen LogP contribution in [0.15, 0.2) is 0 Å². The number of amides is 3. The van der Waals surface area contributed by atoms with Crippen LogP contribution in [0.5, 0.6) is 0 Å². The summed E-state index contributed by atoms with van der Waals surface area (Å²) >= 11 is 0. The number of hydrogen-bond acceptors (Lipinski definition) is 7. The van der Waals surface area contributed by atoms with Crippen molar-refractivity contribution in [1.82, 2.24) is 14.9 Å². The molecule has 0 saturated heterocycles. The number of carbonyl (C=O) groups is 3. The van der Waals surface area contributed by atoms with Crippen molar-refractivity contribution >= 4 is 18.1 Å². The molecule has 0 heterocycles. The van der Waals surface area contributed by atoms with Crippen molar-refractivity contribution in [1.29, 1.82) is 0 Å². The highest BCUT2D eigenvalue weighted by molar-refractivity contribution is 5.91. The molecule has 0 saturated carbocycles. The van der Waals surface area contributed by atoms with E-state index in [2.05, 4.69) is 6.92 Å². The number of nitrogens with zero attached hydrogens (tertiary/aromatic N) is 3. The Hall–Kier alpha value is -1.87. The molecule has 0 aromatic heterocycles. The van der Waals surface area contributed by atoms with Crippen LogP contribution in [0, 0.1) is 0 Å². The maximum absolute atomic E-state index is 12.7. The monoisotopic (exact) mass is 557 g/mol. The van der Waals surface area contributed by atoms with Gasteiger partial charge in [-0.1, -0.05) is 110 Å². The van der Waals surface area contributed by atoms with Gasteiger partial charge in [0.1, 0.15) is 6.61 Å². The molecule has 1 unspecified atom stereocenters. The van der Waals surface area contributed by atoms with Crippen molar-refractivity contribution < 1.29 is 28.7 Å². The van der Waals surface area contributed by atoms with Gasteiger partial charge in [0.2, 0.25) is 5.91 Å². The lowest BCUT2D eigenvalue weighted by molar-refractivity contribution is -0.146. The summed E-state index contributed by atoms with van der Waals surface area (Å²) in [4.78, 5) is 45.2. The van der Waals surface area contributed by atoms with Gasteiger partial charge in [-0.25, -0.2) is 14.5 Å². The van der Waals surface area contributed by atoms with E-state index in [1.165, 1.54) is 97.5 Å². The Balaban J connectivity index is 4.12. The SMILES string of the molecule is CCCCCCCCCCCCCCCCCCN(OC)C(=O)OC(CC)N(C(C)=O)C(=O)OCCN(C)C. The molecule has 0 N–H and O–H groups in total. The highest BCUT2D eigenvalue weighted by Gasteiger charge is 2.32. The second kappa shape index (κ2) is 25.1. The van der Waals surface area contributed by atoms with Crippen LogP contribution in [0.4, 0.5) is 9.59 Å². The highest BCUT2D eigenvalue weighted by Crippen LogP contribution is 2.15. The maximum Gasteiger partial charge on any atom is 0.435 e. The Bertz CT molecular complexity index is 632. The molecule has 3 amide bonds. The van der Waals surface area contributed by atoms with Crippen molar-refractivity contribution in [3.63, 3.8) is 0 Å². The fourth-order valence-electron chi connectivity index (χ4n) is 4.39. The van der Waals surface area contributed by atoms with Gasteiger partial charge in [-0.15, -0.1) is 0 Å². The van der Waals surface area contributed by atoms with Crippen LogP contribution in [0.3, 0.4) is 0 Å². The summed E-state index contributed by atoms with van der Waals surface area (Å²) in [6, 6.07) is 0. The van der Waals surface area contributed by atoms with E-state index < -0.39 is 24.3 Å². The second-order valence-electron chi connectivity index (χ2n) is 10.6.